The van der Waals surface area contributed by atoms with Crippen molar-refractivity contribution in [2.45, 2.75) is 45.7 Å². The third-order valence-corrected chi connectivity index (χ3v) is 15.6. The van der Waals surface area contributed by atoms with Gasteiger partial charge in [0.25, 0.3) is 0 Å². The molecule has 0 saturated heterocycles. The van der Waals surface area contributed by atoms with Gasteiger partial charge >= 0.3 is 6.61 Å². The number of pyridine rings is 4. The Labute approximate surface area is 558 Å². The van der Waals surface area contributed by atoms with Crippen molar-refractivity contribution in [1.29, 1.82) is 0 Å². The number of rotatable bonds is 18. The van der Waals surface area contributed by atoms with Gasteiger partial charge in [-0.25, -0.2) is 19.9 Å². The number of fused-ring (bicyclic) bond motifs is 4. The fourth-order valence-corrected chi connectivity index (χ4v) is 10.5. The molecule has 478 valence electrons. The van der Waals surface area contributed by atoms with E-state index in [0.29, 0.717) is 58.3 Å². The monoisotopic (exact) mass is 1370 g/mol. The van der Waals surface area contributed by atoms with Crippen LogP contribution in [0.1, 0.15) is 46.3 Å². The minimum atomic E-state index is -3.11. The van der Waals surface area contributed by atoms with Crippen LogP contribution in [0.5, 0.6) is 34.5 Å². The van der Waals surface area contributed by atoms with Crippen LogP contribution in [0.2, 0.25) is 10.0 Å². The van der Waals surface area contributed by atoms with Crippen LogP contribution in [-0.4, -0.2) is 81.7 Å². The Morgan fingerprint density at radius 1 is 0.553 bits per heavy atom. The summed E-state index contributed by atoms with van der Waals surface area (Å²) in [5, 5.41) is 18.6. The molecule has 24 heteroatoms. The van der Waals surface area contributed by atoms with Crippen LogP contribution < -0.4 is 23.7 Å². The van der Waals surface area contributed by atoms with Crippen LogP contribution in [0.25, 0.3) is 56.1 Å². The molecular weight excluding hydrogens is 1310 g/mol. The Bertz CT molecular complexity index is 4830. The molecule has 19 nitrogen and oxygen atoms in total. The molecule has 1 N–H and O–H groups in total. The van der Waals surface area contributed by atoms with Crippen molar-refractivity contribution < 1.29 is 42.4 Å². The summed E-state index contributed by atoms with van der Waals surface area (Å²) in [7, 11) is 5.15. The standard InChI is InChI=1S/C31H28F2N4O4.C18H16N4O.C14H11ClN2O.C7H5ClN2O.BrH/c1-36-16-22(14-35-36)23-13-29-34-15-24(37(29)17-28(23)40-18-20-6-4-3-5-7-20)21-11-26(39-2)30(25(38)10-19-8-9-19)27(12-21)41-31(32)33;1-21-11-15(10-20-21)16-9-18-19-7-8-22(18)12-17(16)23-13-14-5-3-2-4-6-14;15-12-8-14-16-6-7-17(14)9-13(12)18-10-11-4-2-1-3-5-11;8-5-3-7-9-1-2-10(7)4-6(5)11;/h3-7,11-17,19,31H,8-10,18H2,1-2H3;2-12H,13H2,1H3;1-9H,10H2;1-4,11H;1H. The molecule has 10 aromatic heterocycles. The molecule has 1 aliphatic carbocycles. The first-order chi connectivity index (χ1) is 45.3. The van der Waals surface area contributed by atoms with Crippen molar-refractivity contribution in [1.82, 2.24) is 57.1 Å². The molecule has 1 fully saturated rings. The summed E-state index contributed by atoms with van der Waals surface area (Å²) >= 11 is 11.8. The smallest absolute Gasteiger partial charge is 0.387 e. The third-order valence-electron chi connectivity index (χ3n) is 15.0. The minimum absolute atomic E-state index is 0. The number of aryl methyl sites for hydroxylation is 2. The molecule has 0 atom stereocenters. The number of aromatic nitrogens is 12. The Morgan fingerprint density at radius 3 is 1.52 bits per heavy atom. The van der Waals surface area contributed by atoms with E-state index in [9.17, 15) is 13.6 Å². The predicted molar refractivity (Wildman–Crippen MR) is 360 cm³/mol. The van der Waals surface area contributed by atoms with Crippen LogP contribution in [0.15, 0.2) is 220 Å². The Balaban J connectivity index is 0.000000142. The Hall–Kier alpha value is -10.6. The van der Waals surface area contributed by atoms with E-state index < -0.39 is 6.61 Å². The number of carbonyl (C=O) groups excluding carboxylic acids is 1. The van der Waals surface area contributed by atoms with Gasteiger partial charge in [0.1, 0.15) is 71.0 Å². The number of aromatic hydroxyl groups is 1. The first kappa shape index (κ1) is 65.0. The van der Waals surface area contributed by atoms with Crippen LogP contribution in [0.4, 0.5) is 8.78 Å². The summed E-state index contributed by atoms with van der Waals surface area (Å²) in [4.78, 5) is 30.1. The van der Waals surface area contributed by atoms with Crippen LogP contribution in [0.3, 0.4) is 0 Å². The molecule has 0 radical (unpaired) electrons. The molecule has 0 aliphatic heterocycles. The van der Waals surface area contributed by atoms with E-state index in [2.05, 4.69) is 42.3 Å². The van der Waals surface area contributed by atoms with Crippen molar-refractivity contribution in [3.8, 4) is 68.0 Å². The van der Waals surface area contributed by atoms with E-state index >= 15 is 0 Å². The number of methoxy groups -OCH3 is 1. The average molecular weight is 1370 g/mol. The van der Waals surface area contributed by atoms with Crippen LogP contribution >= 0.6 is 40.2 Å². The number of Topliss-reactive ketones (excluding diaryl/α,β-unsaturated/α-hetero) is 1. The summed E-state index contributed by atoms with van der Waals surface area (Å²) in [6.07, 6.45) is 29.1. The number of benzene rings is 4. The van der Waals surface area contributed by atoms with Gasteiger partial charge in [0.05, 0.1) is 66.2 Å². The summed E-state index contributed by atoms with van der Waals surface area (Å²) in [6.45, 7) is -1.75. The van der Waals surface area contributed by atoms with Crippen molar-refractivity contribution in [2.24, 2.45) is 20.0 Å². The molecule has 10 heterocycles. The second-order valence-corrected chi connectivity index (χ2v) is 22.5. The topological polar surface area (TPSA) is 188 Å². The molecule has 0 amide bonds. The maximum Gasteiger partial charge on any atom is 0.387 e. The maximum atomic E-state index is 13.5. The van der Waals surface area contributed by atoms with Crippen molar-refractivity contribution in [3.63, 3.8) is 0 Å². The lowest BCUT2D eigenvalue weighted by molar-refractivity contribution is -0.0502. The fraction of sp³-hybridized carbons (Fsp3) is 0.157. The van der Waals surface area contributed by atoms with Gasteiger partial charge in [0, 0.05) is 110 Å². The fourth-order valence-electron chi connectivity index (χ4n) is 10.2. The molecule has 0 bridgehead atoms. The van der Waals surface area contributed by atoms with Gasteiger partial charge in [-0.3, -0.25) is 18.6 Å². The molecule has 0 spiro atoms. The maximum absolute atomic E-state index is 13.5. The van der Waals surface area contributed by atoms with Gasteiger partial charge in [-0.1, -0.05) is 114 Å². The molecule has 15 rings (SSSR count). The number of carbonyl (C=O) groups is 1. The molecular formula is C70H61BrCl2F2N12O7. The lowest BCUT2D eigenvalue weighted by Gasteiger charge is -2.16. The van der Waals surface area contributed by atoms with Gasteiger partial charge in [-0.05, 0) is 59.7 Å². The first-order valence-corrected chi connectivity index (χ1v) is 30.1. The predicted octanol–water partition coefficient (Wildman–Crippen LogP) is 15.7. The van der Waals surface area contributed by atoms with E-state index in [4.69, 9.17) is 52.0 Å². The molecule has 1 saturated carbocycles. The summed E-state index contributed by atoms with van der Waals surface area (Å²) < 4.78 is 66.2. The number of alkyl halides is 2. The van der Waals surface area contributed by atoms with Gasteiger partial charge in [-0.15, -0.1) is 17.0 Å². The third kappa shape index (κ3) is 15.8. The van der Waals surface area contributed by atoms with E-state index in [-0.39, 0.29) is 57.9 Å². The Kier molecular flexibility index (Phi) is 20.6. The molecule has 1 aliphatic rings. The summed E-state index contributed by atoms with van der Waals surface area (Å²) in [5.41, 5.74) is 11.1. The van der Waals surface area contributed by atoms with E-state index in [1.54, 1.807) is 69.1 Å². The van der Waals surface area contributed by atoms with Gasteiger partial charge in [0.15, 0.2) is 17.3 Å². The molecule has 14 aromatic rings. The number of imidazole rings is 4. The number of ether oxygens (including phenoxy) is 5. The second-order valence-electron chi connectivity index (χ2n) is 21.7. The van der Waals surface area contributed by atoms with Crippen LogP contribution in [-0.2, 0) is 33.9 Å². The number of ketones is 1. The van der Waals surface area contributed by atoms with Crippen molar-refractivity contribution in [2.75, 3.05) is 7.11 Å². The molecule has 4 aromatic carbocycles. The summed E-state index contributed by atoms with van der Waals surface area (Å²) in [6, 6.07) is 40.3. The molecule has 94 heavy (non-hydrogen) atoms. The summed E-state index contributed by atoms with van der Waals surface area (Å²) in [5.74, 6) is 2.07. The minimum Gasteiger partial charge on any atom is -0.505 e. The lowest BCUT2D eigenvalue weighted by atomic mass is 10.00. The van der Waals surface area contributed by atoms with Crippen LogP contribution in [0, 0.1) is 5.92 Å². The van der Waals surface area contributed by atoms with Gasteiger partial charge in [0.2, 0.25) is 0 Å². The van der Waals surface area contributed by atoms with Gasteiger partial charge in [-0.2, -0.15) is 19.0 Å². The largest absolute Gasteiger partial charge is 0.505 e. The zero-order chi connectivity index (χ0) is 64.4. The highest BCUT2D eigenvalue weighted by Gasteiger charge is 2.30. The lowest BCUT2D eigenvalue weighted by Crippen LogP contribution is -2.11. The first-order valence-electron chi connectivity index (χ1n) is 29.4. The molecule has 0 unspecified atom stereocenters. The van der Waals surface area contributed by atoms with Crippen molar-refractivity contribution in [3.05, 3.63) is 253 Å². The zero-order valence-corrected chi connectivity index (χ0v) is 54.1. The number of hydrogen-bond acceptors (Lipinski definition) is 13. The normalized spacial score (nSPS) is 11.7. The quantitative estimate of drug-likeness (QED) is 0.0800. The zero-order valence-electron chi connectivity index (χ0n) is 50.9. The van der Waals surface area contributed by atoms with E-state index in [1.807, 2.05) is 168 Å². The average Bonchev–Trinajstić information content (AvgIpc) is 2.14. The number of halogens is 5. The SMILES string of the molecule is Br.COc1cc(-c2cnc3cc(-c4cnn(C)c4)c(OCc4ccccc4)cn23)cc(OC(F)F)c1C(=O)CC1CC1.Clc1cc2nccn2cc1OCc1ccccc1.Cn1cc(-c2cc3nccn3cc2OCc2ccccc2)cn1.Oc1cn2ccnc2cc1Cl. The highest BCUT2D eigenvalue weighted by atomic mass is 79.9. The number of hydrogen-bond donors (Lipinski definition) is 1. The highest BCUT2D eigenvalue weighted by Crippen LogP contribution is 2.42. The van der Waals surface area contributed by atoms with Gasteiger partial charge < -0.3 is 42.0 Å². The number of nitrogens with zero attached hydrogens (tertiary/aromatic N) is 12. The van der Waals surface area contributed by atoms with E-state index in [0.717, 1.165) is 74.5 Å². The second kappa shape index (κ2) is 29.8. The van der Waals surface area contributed by atoms with Crippen molar-refractivity contribution >= 4 is 68.6 Å². The highest BCUT2D eigenvalue weighted by molar-refractivity contribution is 8.93. The Morgan fingerprint density at radius 2 is 1.02 bits per heavy atom. The van der Waals surface area contributed by atoms with E-state index in [1.165, 1.54) is 19.4 Å².